The van der Waals surface area contributed by atoms with Crippen LogP contribution in [0.15, 0.2) is 48.5 Å². The monoisotopic (exact) mass is 422 g/mol. The van der Waals surface area contributed by atoms with Crippen molar-refractivity contribution in [1.82, 2.24) is 5.32 Å². The van der Waals surface area contributed by atoms with Gasteiger partial charge in [-0.1, -0.05) is 41.9 Å². The fourth-order valence-corrected chi connectivity index (χ4v) is 4.14. The van der Waals surface area contributed by atoms with E-state index in [0.717, 1.165) is 29.0 Å². The van der Waals surface area contributed by atoms with Crippen LogP contribution in [0.1, 0.15) is 30.4 Å². The van der Waals surface area contributed by atoms with Crippen LogP contribution in [0, 0.1) is 6.92 Å². The Hall–Kier alpha value is -2.05. The highest BCUT2D eigenvalue weighted by Crippen LogP contribution is 2.19. The smallest absolute Gasteiger partial charge is 0.232 e. The number of anilines is 1. The van der Waals surface area contributed by atoms with E-state index in [1.165, 1.54) is 10.6 Å². The highest BCUT2D eigenvalue weighted by atomic mass is 35.5. The Balaban J connectivity index is 1.76. The molecule has 7 heteroatoms. The zero-order valence-electron chi connectivity index (χ0n) is 16.3. The van der Waals surface area contributed by atoms with Crippen molar-refractivity contribution >= 4 is 33.2 Å². The quantitative estimate of drug-likeness (QED) is 0.589. The van der Waals surface area contributed by atoms with E-state index >= 15 is 0 Å². The van der Waals surface area contributed by atoms with Crippen molar-refractivity contribution in [2.24, 2.45) is 0 Å². The second-order valence-electron chi connectivity index (χ2n) is 6.82. The first kappa shape index (κ1) is 22.2. The maximum atomic E-state index is 12.1. The lowest BCUT2D eigenvalue weighted by molar-refractivity contribution is -0.121. The molecule has 0 saturated carbocycles. The van der Waals surface area contributed by atoms with Crippen LogP contribution in [-0.4, -0.2) is 33.7 Å². The zero-order valence-corrected chi connectivity index (χ0v) is 17.9. The molecule has 2 rings (SSSR count). The number of rotatable bonds is 10. The fourth-order valence-electron chi connectivity index (χ4n) is 2.95. The Bertz CT molecular complexity index is 900. The summed E-state index contributed by atoms with van der Waals surface area (Å²) in [7, 11) is -3.40. The summed E-state index contributed by atoms with van der Waals surface area (Å²) in [6.07, 6.45) is 3.52. The Morgan fingerprint density at radius 3 is 2.54 bits per heavy atom. The second kappa shape index (κ2) is 10.5. The van der Waals surface area contributed by atoms with Gasteiger partial charge in [-0.15, -0.1) is 0 Å². The molecule has 1 amide bonds. The fraction of sp³-hybridized carbons (Fsp3) is 0.381. The summed E-state index contributed by atoms with van der Waals surface area (Å²) in [6.45, 7) is 2.76. The minimum Gasteiger partial charge on any atom is -0.356 e. The molecule has 0 aliphatic heterocycles. The van der Waals surface area contributed by atoms with E-state index < -0.39 is 10.0 Å². The molecule has 0 aliphatic carbocycles. The van der Waals surface area contributed by atoms with Gasteiger partial charge in [-0.25, -0.2) is 8.42 Å². The van der Waals surface area contributed by atoms with Crippen LogP contribution in [0.25, 0.3) is 0 Å². The first-order chi connectivity index (χ1) is 13.3. The van der Waals surface area contributed by atoms with Crippen molar-refractivity contribution in [1.29, 1.82) is 0 Å². The van der Waals surface area contributed by atoms with Crippen LogP contribution < -0.4 is 9.62 Å². The lowest BCUT2D eigenvalue weighted by Crippen LogP contribution is -2.32. The predicted molar refractivity (Wildman–Crippen MR) is 115 cm³/mol. The summed E-state index contributed by atoms with van der Waals surface area (Å²) in [5, 5.41) is 3.63. The lowest BCUT2D eigenvalue weighted by Gasteiger charge is -2.22. The number of aryl methyl sites for hydroxylation is 2. The first-order valence-corrected chi connectivity index (χ1v) is 11.5. The first-order valence-electron chi connectivity index (χ1n) is 9.32. The van der Waals surface area contributed by atoms with Gasteiger partial charge in [0.25, 0.3) is 0 Å². The number of sulfonamides is 1. The zero-order chi connectivity index (χ0) is 20.6. The van der Waals surface area contributed by atoms with E-state index in [1.54, 1.807) is 6.07 Å². The van der Waals surface area contributed by atoms with E-state index in [1.807, 2.05) is 49.4 Å². The Kier molecular flexibility index (Phi) is 8.33. The number of carbonyl (C=O) groups is 1. The van der Waals surface area contributed by atoms with Crippen LogP contribution >= 0.6 is 11.6 Å². The average Bonchev–Trinajstić information content (AvgIpc) is 2.62. The normalized spacial score (nSPS) is 11.2. The van der Waals surface area contributed by atoms with Crippen molar-refractivity contribution in [2.75, 3.05) is 23.7 Å². The van der Waals surface area contributed by atoms with Gasteiger partial charge in [-0.2, -0.15) is 0 Å². The molecule has 2 aromatic rings. The molecule has 0 fully saturated rings. The number of nitrogens with one attached hydrogen (secondary N) is 1. The third-order valence-corrected chi connectivity index (χ3v) is 5.92. The van der Waals surface area contributed by atoms with Crippen LogP contribution in [0.5, 0.6) is 0 Å². The predicted octanol–water partition coefficient (Wildman–Crippen LogP) is 3.94. The average molecular weight is 423 g/mol. The largest absolute Gasteiger partial charge is 0.356 e. The summed E-state index contributed by atoms with van der Waals surface area (Å²) in [6, 6.07) is 15.0. The molecule has 0 saturated heterocycles. The summed E-state index contributed by atoms with van der Waals surface area (Å²) >= 11 is 6.12. The Labute approximate surface area is 172 Å². The van der Waals surface area contributed by atoms with E-state index in [4.69, 9.17) is 11.6 Å². The van der Waals surface area contributed by atoms with Gasteiger partial charge in [0.2, 0.25) is 15.9 Å². The van der Waals surface area contributed by atoms with Gasteiger partial charge in [0, 0.05) is 24.5 Å². The standard InChI is InChI=1S/C21H27ClN2O3S/c1-17-8-5-11-19(16-17)24(28(2,26)27)15-7-13-21(25)23-14-6-10-18-9-3-4-12-20(18)22/h3-5,8-9,11-12,16H,6-7,10,13-15H2,1-2H3,(H,23,25). The van der Waals surface area contributed by atoms with Crippen LogP contribution in [0.2, 0.25) is 5.02 Å². The van der Waals surface area contributed by atoms with Gasteiger partial charge < -0.3 is 5.32 Å². The van der Waals surface area contributed by atoms with Crippen LogP contribution in [0.3, 0.4) is 0 Å². The molecule has 0 heterocycles. The number of hydrogen-bond acceptors (Lipinski definition) is 3. The minimum absolute atomic E-state index is 0.0724. The maximum absolute atomic E-state index is 12.1. The molecule has 0 aliphatic rings. The van der Waals surface area contributed by atoms with Crippen molar-refractivity contribution in [3.05, 3.63) is 64.7 Å². The summed E-state index contributed by atoms with van der Waals surface area (Å²) < 4.78 is 25.6. The molecule has 0 radical (unpaired) electrons. The molecule has 0 spiro atoms. The van der Waals surface area contributed by atoms with Gasteiger partial charge in [-0.05, 0) is 55.5 Å². The van der Waals surface area contributed by atoms with Gasteiger partial charge in [0.05, 0.1) is 11.9 Å². The number of nitrogens with zero attached hydrogens (tertiary/aromatic N) is 1. The van der Waals surface area contributed by atoms with E-state index in [9.17, 15) is 13.2 Å². The number of hydrogen-bond donors (Lipinski definition) is 1. The van der Waals surface area contributed by atoms with E-state index in [0.29, 0.717) is 18.7 Å². The third-order valence-electron chi connectivity index (χ3n) is 4.36. The molecule has 0 atom stereocenters. The minimum atomic E-state index is -3.40. The van der Waals surface area contributed by atoms with Gasteiger partial charge in [-0.3, -0.25) is 9.10 Å². The molecule has 2 aromatic carbocycles. The van der Waals surface area contributed by atoms with E-state index in [2.05, 4.69) is 5.32 Å². The summed E-state index contributed by atoms with van der Waals surface area (Å²) in [4.78, 5) is 12.0. The topological polar surface area (TPSA) is 66.5 Å². The molecule has 0 aromatic heterocycles. The second-order valence-corrected chi connectivity index (χ2v) is 9.14. The number of benzene rings is 2. The Morgan fingerprint density at radius 2 is 1.86 bits per heavy atom. The number of halogens is 1. The molecule has 28 heavy (non-hydrogen) atoms. The molecule has 0 bridgehead atoms. The summed E-state index contributed by atoms with van der Waals surface area (Å²) in [5.74, 6) is -0.0724. The molecule has 152 valence electrons. The maximum Gasteiger partial charge on any atom is 0.232 e. The highest BCUT2D eigenvalue weighted by Gasteiger charge is 2.17. The van der Waals surface area contributed by atoms with Crippen molar-refractivity contribution < 1.29 is 13.2 Å². The Morgan fingerprint density at radius 1 is 1.11 bits per heavy atom. The SMILES string of the molecule is Cc1cccc(N(CCCC(=O)NCCCc2ccccc2Cl)S(C)(=O)=O)c1. The molecule has 0 unspecified atom stereocenters. The third kappa shape index (κ3) is 7.17. The van der Waals surface area contributed by atoms with Crippen molar-refractivity contribution in [2.45, 2.75) is 32.6 Å². The van der Waals surface area contributed by atoms with E-state index in [-0.39, 0.29) is 18.9 Å². The van der Waals surface area contributed by atoms with Crippen LogP contribution in [0.4, 0.5) is 5.69 Å². The van der Waals surface area contributed by atoms with Gasteiger partial charge in [0.15, 0.2) is 0 Å². The highest BCUT2D eigenvalue weighted by molar-refractivity contribution is 7.92. The van der Waals surface area contributed by atoms with Crippen molar-refractivity contribution in [3.63, 3.8) is 0 Å². The molecule has 5 nitrogen and oxygen atoms in total. The molecular formula is C21H27ClN2O3S. The van der Waals surface area contributed by atoms with Gasteiger partial charge >= 0.3 is 0 Å². The van der Waals surface area contributed by atoms with Crippen LogP contribution in [-0.2, 0) is 21.2 Å². The van der Waals surface area contributed by atoms with Crippen molar-refractivity contribution in [3.8, 4) is 0 Å². The number of amides is 1. The molecule has 1 N–H and O–H groups in total. The lowest BCUT2D eigenvalue weighted by atomic mass is 10.1. The van der Waals surface area contributed by atoms with Gasteiger partial charge in [0.1, 0.15) is 0 Å². The summed E-state index contributed by atoms with van der Waals surface area (Å²) in [5.41, 5.74) is 2.69. The molecular weight excluding hydrogens is 396 g/mol. The number of carbonyl (C=O) groups excluding carboxylic acids is 1.